The minimum atomic E-state index is 0.964. The summed E-state index contributed by atoms with van der Waals surface area (Å²) in [5.41, 5.74) is 4.62. The van der Waals surface area contributed by atoms with Crippen molar-refractivity contribution in [3.05, 3.63) is 54.4 Å². The molecule has 0 radical (unpaired) electrons. The molecule has 0 saturated carbocycles. The van der Waals surface area contributed by atoms with Crippen molar-refractivity contribution >= 4 is 11.1 Å². The number of rotatable bonds is 3. The first kappa shape index (κ1) is 12.0. The average molecular weight is 252 g/mol. The zero-order valence-corrected chi connectivity index (χ0v) is 11.4. The number of hydrogen-bond acceptors (Lipinski definition) is 1. The Morgan fingerprint density at radius 3 is 2.53 bits per heavy atom. The minimum Gasteiger partial charge on any atom is -0.402 e. The van der Waals surface area contributed by atoms with Gasteiger partial charge in [0.1, 0.15) is 0 Å². The first-order valence-corrected chi connectivity index (χ1v) is 6.78. The van der Waals surface area contributed by atoms with Crippen LogP contribution in [-0.2, 0) is 6.54 Å². The van der Waals surface area contributed by atoms with E-state index in [0.717, 1.165) is 24.4 Å². The normalized spacial score (nSPS) is 11.1. The molecule has 3 aromatic rings. The third-order valence-corrected chi connectivity index (χ3v) is 3.44. The molecule has 0 aliphatic heterocycles. The second-order valence-corrected chi connectivity index (χ2v) is 4.82. The topological polar surface area (TPSA) is 17.0 Å². The first-order valence-electron chi connectivity index (χ1n) is 6.78. The summed E-state index contributed by atoms with van der Waals surface area (Å²) in [5.74, 6) is 0.974. The predicted octanol–water partition coefficient (Wildman–Crippen LogP) is 4.11. The Bertz CT molecular complexity index is 698. The molecular formula is C17H18NO+. The second-order valence-electron chi connectivity index (χ2n) is 4.82. The summed E-state index contributed by atoms with van der Waals surface area (Å²) in [4.78, 5) is 0. The Morgan fingerprint density at radius 1 is 1.00 bits per heavy atom. The molecule has 1 heterocycles. The van der Waals surface area contributed by atoms with Gasteiger partial charge in [0, 0.05) is 12.5 Å². The van der Waals surface area contributed by atoms with E-state index in [1.807, 2.05) is 13.0 Å². The van der Waals surface area contributed by atoms with E-state index >= 15 is 0 Å². The molecule has 0 bridgehead atoms. The molecule has 2 heteroatoms. The molecular weight excluding hydrogens is 234 g/mol. The van der Waals surface area contributed by atoms with Crippen molar-refractivity contribution in [2.75, 3.05) is 0 Å². The number of aromatic nitrogens is 1. The molecule has 96 valence electrons. The van der Waals surface area contributed by atoms with Crippen LogP contribution in [0.25, 0.3) is 22.2 Å². The van der Waals surface area contributed by atoms with Gasteiger partial charge in [-0.15, -0.1) is 0 Å². The van der Waals surface area contributed by atoms with Crippen molar-refractivity contribution in [3.63, 3.8) is 0 Å². The molecule has 0 amide bonds. The molecule has 1 aromatic heterocycles. The van der Waals surface area contributed by atoms with Gasteiger partial charge in [0.25, 0.3) is 5.52 Å². The van der Waals surface area contributed by atoms with Crippen molar-refractivity contribution in [1.29, 1.82) is 0 Å². The highest BCUT2D eigenvalue weighted by atomic mass is 16.3. The van der Waals surface area contributed by atoms with Crippen LogP contribution < -0.4 is 4.57 Å². The van der Waals surface area contributed by atoms with E-state index in [1.54, 1.807) is 0 Å². The van der Waals surface area contributed by atoms with E-state index in [1.165, 1.54) is 16.6 Å². The maximum atomic E-state index is 5.81. The van der Waals surface area contributed by atoms with Gasteiger partial charge in [-0.1, -0.05) is 43.3 Å². The van der Waals surface area contributed by atoms with Crippen molar-refractivity contribution in [1.82, 2.24) is 0 Å². The Balaban J connectivity index is 2.17. The third kappa shape index (κ3) is 2.14. The van der Waals surface area contributed by atoms with Gasteiger partial charge >= 0.3 is 5.89 Å². The lowest BCUT2D eigenvalue weighted by Gasteiger charge is -1.99. The number of nitrogens with zero attached hydrogens (tertiary/aromatic N) is 1. The number of fused-ring (bicyclic) bond motifs is 1. The minimum absolute atomic E-state index is 0.964. The third-order valence-electron chi connectivity index (χ3n) is 3.44. The molecule has 2 aromatic carbocycles. The van der Waals surface area contributed by atoms with Gasteiger partial charge in [-0.05, 0) is 17.2 Å². The highest BCUT2D eigenvalue weighted by Crippen LogP contribution is 2.23. The van der Waals surface area contributed by atoms with Crippen molar-refractivity contribution in [2.45, 2.75) is 26.8 Å². The molecule has 0 atom stereocenters. The van der Waals surface area contributed by atoms with Gasteiger partial charge in [0.15, 0.2) is 6.54 Å². The summed E-state index contributed by atoms with van der Waals surface area (Å²) in [7, 11) is 0. The first-order chi connectivity index (χ1) is 9.29. The molecule has 19 heavy (non-hydrogen) atoms. The van der Waals surface area contributed by atoms with Crippen LogP contribution in [-0.4, -0.2) is 0 Å². The van der Waals surface area contributed by atoms with Gasteiger partial charge < -0.3 is 4.42 Å². The summed E-state index contributed by atoms with van der Waals surface area (Å²) in [6.45, 7) is 5.21. The van der Waals surface area contributed by atoms with Gasteiger partial charge in [0.2, 0.25) is 5.58 Å². The molecule has 0 aliphatic carbocycles. The van der Waals surface area contributed by atoms with Gasteiger partial charge in [-0.2, -0.15) is 4.57 Å². The summed E-state index contributed by atoms with van der Waals surface area (Å²) < 4.78 is 8.06. The van der Waals surface area contributed by atoms with E-state index < -0.39 is 0 Å². The Hall–Kier alpha value is -2.09. The fourth-order valence-electron chi connectivity index (χ4n) is 2.51. The van der Waals surface area contributed by atoms with E-state index in [-0.39, 0.29) is 0 Å². The quantitative estimate of drug-likeness (QED) is 0.641. The number of oxazole rings is 1. The molecule has 0 N–H and O–H groups in total. The number of aryl methyl sites for hydroxylation is 2. The maximum absolute atomic E-state index is 5.81. The molecule has 0 fully saturated rings. The highest BCUT2D eigenvalue weighted by molar-refractivity contribution is 5.78. The fraction of sp³-hybridized carbons (Fsp3) is 0.235. The largest absolute Gasteiger partial charge is 0.402 e. The molecule has 0 unspecified atom stereocenters. The van der Waals surface area contributed by atoms with E-state index in [2.05, 4.69) is 54.0 Å². The summed E-state index contributed by atoms with van der Waals surface area (Å²) in [6.07, 6.45) is 1.11. The SMILES string of the molecule is CCC[n+]1c(C)oc2ccc(-c3ccccc3)cc21. The predicted molar refractivity (Wildman–Crippen MR) is 76.9 cm³/mol. The lowest BCUT2D eigenvalue weighted by atomic mass is 10.1. The van der Waals surface area contributed by atoms with E-state index in [4.69, 9.17) is 4.42 Å². The van der Waals surface area contributed by atoms with Gasteiger partial charge in [0.05, 0.1) is 6.92 Å². The monoisotopic (exact) mass is 252 g/mol. The average Bonchev–Trinajstić information content (AvgIpc) is 2.76. The number of hydrogen-bond donors (Lipinski definition) is 0. The van der Waals surface area contributed by atoms with E-state index in [9.17, 15) is 0 Å². The maximum Gasteiger partial charge on any atom is 0.344 e. The zero-order chi connectivity index (χ0) is 13.2. The number of benzene rings is 2. The molecule has 0 spiro atoms. The van der Waals surface area contributed by atoms with Gasteiger partial charge in [-0.3, -0.25) is 0 Å². The summed E-state index contributed by atoms with van der Waals surface area (Å²) >= 11 is 0. The van der Waals surface area contributed by atoms with Gasteiger partial charge in [-0.25, -0.2) is 0 Å². The highest BCUT2D eigenvalue weighted by Gasteiger charge is 2.18. The smallest absolute Gasteiger partial charge is 0.344 e. The molecule has 2 nitrogen and oxygen atoms in total. The molecule has 0 saturated heterocycles. The van der Waals surface area contributed by atoms with Crippen LogP contribution in [0.4, 0.5) is 0 Å². The Labute approximate surface area is 113 Å². The molecule has 3 rings (SSSR count). The van der Waals surface area contributed by atoms with E-state index in [0.29, 0.717) is 0 Å². The van der Waals surface area contributed by atoms with Crippen LogP contribution in [0, 0.1) is 6.92 Å². The standard InChI is InChI=1S/C17H18NO/c1-3-11-18-13(2)19-17-10-9-15(12-16(17)18)14-7-5-4-6-8-14/h4-10,12H,3,11H2,1-2H3/q+1. The van der Waals surface area contributed by atoms with Crippen molar-refractivity contribution in [2.24, 2.45) is 0 Å². The van der Waals surface area contributed by atoms with Crippen molar-refractivity contribution in [3.8, 4) is 11.1 Å². The van der Waals surface area contributed by atoms with Crippen LogP contribution >= 0.6 is 0 Å². The molecule has 0 aliphatic rings. The summed E-state index contributed by atoms with van der Waals surface area (Å²) in [6, 6.07) is 16.9. The zero-order valence-electron chi connectivity index (χ0n) is 11.4. The van der Waals surface area contributed by atoms with Crippen LogP contribution in [0.5, 0.6) is 0 Å². The van der Waals surface area contributed by atoms with Crippen LogP contribution in [0.3, 0.4) is 0 Å². The summed E-state index contributed by atoms with van der Waals surface area (Å²) in [5, 5.41) is 0. The van der Waals surface area contributed by atoms with Crippen molar-refractivity contribution < 1.29 is 8.98 Å². The van der Waals surface area contributed by atoms with Crippen LogP contribution in [0.1, 0.15) is 19.2 Å². The van der Waals surface area contributed by atoms with Crippen LogP contribution in [0.2, 0.25) is 0 Å². The lowest BCUT2D eigenvalue weighted by molar-refractivity contribution is -0.682. The second kappa shape index (κ2) is 4.88. The van der Waals surface area contributed by atoms with Crippen LogP contribution in [0.15, 0.2) is 52.9 Å². The Morgan fingerprint density at radius 2 is 1.79 bits per heavy atom. The lowest BCUT2D eigenvalue weighted by Crippen LogP contribution is -2.34. The Kier molecular flexibility index (Phi) is 3.08. The fourth-order valence-corrected chi connectivity index (χ4v) is 2.51.